The van der Waals surface area contributed by atoms with E-state index in [4.69, 9.17) is 0 Å². The van der Waals surface area contributed by atoms with Gasteiger partial charge in [-0.05, 0) is 34.7 Å². The Morgan fingerprint density at radius 3 is 2.52 bits per heavy atom. The van der Waals surface area contributed by atoms with Crippen molar-refractivity contribution in [2.75, 3.05) is 5.43 Å². The number of hydrazone groups is 1. The first-order valence-corrected chi connectivity index (χ1v) is 7.26. The molecule has 1 N–H and O–H groups in total. The summed E-state index contributed by atoms with van der Waals surface area (Å²) in [7, 11) is 0. The molecule has 0 heterocycles. The lowest BCUT2D eigenvalue weighted by molar-refractivity contribution is -0.385. The smallest absolute Gasteiger partial charge is 0.278 e. The molecule has 0 saturated heterocycles. The van der Waals surface area contributed by atoms with Crippen molar-refractivity contribution < 1.29 is 18.1 Å². The van der Waals surface area contributed by atoms with E-state index >= 15 is 0 Å². The Balaban J connectivity index is 2.29. The van der Waals surface area contributed by atoms with Gasteiger partial charge >= 0.3 is 6.18 Å². The molecule has 2 aromatic rings. The number of benzene rings is 2. The van der Waals surface area contributed by atoms with E-state index in [9.17, 15) is 23.3 Å². The zero-order valence-corrected chi connectivity index (χ0v) is 13.5. The maximum absolute atomic E-state index is 13.0. The highest BCUT2D eigenvalue weighted by Crippen LogP contribution is 2.37. The van der Waals surface area contributed by atoms with Crippen LogP contribution < -0.4 is 5.43 Å². The standard InChI is InChI=1S/C14H9F3IN3O2/c15-14(16,17)11-7-10(21(22)23)5-6-13(11)20-19-8-9-3-1-2-4-12(9)18/h1-8,20H/b19-8-. The molecule has 0 amide bonds. The van der Waals surface area contributed by atoms with E-state index in [1.165, 1.54) is 6.21 Å². The number of non-ortho nitro benzene ring substituents is 1. The molecule has 2 rings (SSSR count). The van der Waals surface area contributed by atoms with Gasteiger partial charge in [0.25, 0.3) is 5.69 Å². The number of nitrogens with zero attached hydrogens (tertiary/aromatic N) is 2. The Hall–Kier alpha value is -2.17. The van der Waals surface area contributed by atoms with Gasteiger partial charge in [0.1, 0.15) is 0 Å². The topological polar surface area (TPSA) is 67.5 Å². The van der Waals surface area contributed by atoms with Crippen molar-refractivity contribution in [3.05, 3.63) is 67.3 Å². The first kappa shape index (κ1) is 17.2. The highest BCUT2D eigenvalue weighted by atomic mass is 127. The average Bonchev–Trinajstić information content (AvgIpc) is 2.48. The van der Waals surface area contributed by atoms with Crippen LogP contribution in [0.15, 0.2) is 47.6 Å². The Morgan fingerprint density at radius 1 is 1.22 bits per heavy atom. The lowest BCUT2D eigenvalue weighted by atomic mass is 10.1. The minimum atomic E-state index is -4.73. The van der Waals surface area contributed by atoms with Crippen LogP contribution in [-0.2, 0) is 6.18 Å². The van der Waals surface area contributed by atoms with Gasteiger partial charge in [-0.15, -0.1) is 0 Å². The van der Waals surface area contributed by atoms with Crippen LogP contribution in [0, 0.1) is 13.7 Å². The number of hydrogen-bond acceptors (Lipinski definition) is 4. The summed E-state index contributed by atoms with van der Waals surface area (Å²) >= 11 is 2.07. The van der Waals surface area contributed by atoms with Crippen LogP contribution in [0.25, 0.3) is 0 Å². The SMILES string of the molecule is O=[N+]([O-])c1ccc(N/N=C\c2ccccc2I)c(C(F)(F)F)c1. The van der Waals surface area contributed by atoms with Gasteiger partial charge in [0.2, 0.25) is 0 Å². The second-order valence-corrected chi connectivity index (χ2v) is 5.54. The third kappa shape index (κ3) is 4.41. The Labute approximate surface area is 142 Å². The molecule has 120 valence electrons. The van der Waals surface area contributed by atoms with E-state index in [2.05, 4.69) is 33.1 Å². The predicted molar refractivity (Wildman–Crippen MR) is 88.5 cm³/mol. The molecule has 0 saturated carbocycles. The minimum absolute atomic E-state index is 0.356. The molecule has 0 atom stereocenters. The van der Waals surface area contributed by atoms with Crippen molar-refractivity contribution in [1.82, 2.24) is 0 Å². The monoisotopic (exact) mass is 435 g/mol. The minimum Gasteiger partial charge on any atom is -0.278 e. The normalized spacial score (nSPS) is 11.7. The molecule has 0 unspecified atom stereocenters. The van der Waals surface area contributed by atoms with Crippen molar-refractivity contribution in [3.8, 4) is 0 Å². The Kier molecular flexibility index (Phi) is 5.19. The van der Waals surface area contributed by atoms with Gasteiger partial charge < -0.3 is 0 Å². The summed E-state index contributed by atoms with van der Waals surface area (Å²) in [5.41, 5.74) is 0.880. The average molecular weight is 435 g/mol. The van der Waals surface area contributed by atoms with Gasteiger partial charge in [-0.25, -0.2) is 0 Å². The van der Waals surface area contributed by atoms with Crippen LogP contribution in [0.3, 0.4) is 0 Å². The fourth-order valence-electron chi connectivity index (χ4n) is 1.73. The van der Waals surface area contributed by atoms with Crippen LogP contribution in [0.4, 0.5) is 24.5 Å². The van der Waals surface area contributed by atoms with Gasteiger partial charge in [-0.3, -0.25) is 15.5 Å². The van der Waals surface area contributed by atoms with Crippen molar-refractivity contribution in [3.63, 3.8) is 0 Å². The molecule has 0 aromatic heterocycles. The zero-order chi connectivity index (χ0) is 17.0. The second-order valence-electron chi connectivity index (χ2n) is 4.38. The van der Waals surface area contributed by atoms with E-state index in [0.717, 1.165) is 21.3 Å². The first-order valence-electron chi connectivity index (χ1n) is 6.18. The highest BCUT2D eigenvalue weighted by molar-refractivity contribution is 14.1. The molecule has 0 fully saturated rings. The number of nitro benzene ring substituents is 1. The zero-order valence-electron chi connectivity index (χ0n) is 11.3. The third-order valence-corrected chi connectivity index (χ3v) is 3.80. The molecule has 5 nitrogen and oxygen atoms in total. The van der Waals surface area contributed by atoms with Crippen LogP contribution in [-0.4, -0.2) is 11.1 Å². The van der Waals surface area contributed by atoms with E-state index in [1.54, 1.807) is 12.1 Å². The van der Waals surface area contributed by atoms with E-state index in [0.29, 0.717) is 6.07 Å². The quantitative estimate of drug-likeness (QED) is 0.329. The molecule has 9 heteroatoms. The lowest BCUT2D eigenvalue weighted by Gasteiger charge is -2.11. The fraction of sp³-hybridized carbons (Fsp3) is 0.0714. The van der Waals surface area contributed by atoms with E-state index in [1.807, 2.05) is 12.1 Å². The number of anilines is 1. The Bertz CT molecular complexity index is 763. The Morgan fingerprint density at radius 2 is 1.91 bits per heavy atom. The van der Waals surface area contributed by atoms with Gasteiger partial charge in [-0.1, -0.05) is 18.2 Å². The third-order valence-electron chi connectivity index (χ3n) is 2.81. The summed E-state index contributed by atoms with van der Waals surface area (Å²) in [6, 6.07) is 9.63. The van der Waals surface area contributed by atoms with Gasteiger partial charge in [0.05, 0.1) is 22.4 Å². The maximum atomic E-state index is 13.0. The predicted octanol–water partition coefficient (Wildman–Crippen LogP) is 4.66. The van der Waals surface area contributed by atoms with Crippen LogP contribution in [0.5, 0.6) is 0 Å². The van der Waals surface area contributed by atoms with Gasteiger partial charge in [0, 0.05) is 21.3 Å². The summed E-state index contributed by atoms with van der Waals surface area (Å²) in [5, 5.41) is 14.4. The number of nitrogens with one attached hydrogen (secondary N) is 1. The summed E-state index contributed by atoms with van der Waals surface area (Å²) in [6.07, 6.45) is -3.35. The van der Waals surface area contributed by atoms with Crippen molar-refractivity contribution in [1.29, 1.82) is 0 Å². The summed E-state index contributed by atoms with van der Waals surface area (Å²) in [5.74, 6) is 0. The number of hydrogen-bond donors (Lipinski definition) is 1. The molecule has 0 spiro atoms. The van der Waals surface area contributed by atoms with Crippen LogP contribution in [0.1, 0.15) is 11.1 Å². The lowest BCUT2D eigenvalue weighted by Crippen LogP contribution is -2.09. The summed E-state index contributed by atoms with van der Waals surface area (Å²) in [4.78, 5) is 9.73. The van der Waals surface area contributed by atoms with Crippen molar-refractivity contribution in [2.24, 2.45) is 5.10 Å². The molecule has 0 aliphatic heterocycles. The number of nitro groups is 1. The molecule has 0 bridgehead atoms. The molecular formula is C14H9F3IN3O2. The highest BCUT2D eigenvalue weighted by Gasteiger charge is 2.35. The maximum Gasteiger partial charge on any atom is 0.418 e. The van der Waals surface area contributed by atoms with E-state index in [-0.39, 0.29) is 5.69 Å². The fourth-order valence-corrected chi connectivity index (χ4v) is 2.26. The largest absolute Gasteiger partial charge is 0.418 e. The molecular weight excluding hydrogens is 426 g/mol. The van der Waals surface area contributed by atoms with Crippen LogP contribution in [0.2, 0.25) is 0 Å². The molecule has 0 radical (unpaired) electrons. The van der Waals surface area contributed by atoms with Gasteiger partial charge in [0.15, 0.2) is 0 Å². The molecule has 23 heavy (non-hydrogen) atoms. The van der Waals surface area contributed by atoms with Crippen LogP contribution >= 0.6 is 22.6 Å². The molecule has 0 aliphatic rings. The van der Waals surface area contributed by atoms with E-state index < -0.39 is 22.4 Å². The first-order chi connectivity index (χ1) is 10.8. The number of rotatable bonds is 4. The van der Waals surface area contributed by atoms with Crippen molar-refractivity contribution >= 4 is 40.2 Å². The second kappa shape index (κ2) is 6.94. The van der Waals surface area contributed by atoms with Gasteiger partial charge in [-0.2, -0.15) is 18.3 Å². The molecule has 0 aliphatic carbocycles. The summed E-state index contributed by atoms with van der Waals surface area (Å²) in [6.45, 7) is 0. The number of halogens is 4. The molecule has 2 aromatic carbocycles. The number of alkyl halides is 3. The summed E-state index contributed by atoms with van der Waals surface area (Å²) < 4.78 is 39.9. The van der Waals surface area contributed by atoms with Crippen molar-refractivity contribution in [2.45, 2.75) is 6.18 Å².